The summed E-state index contributed by atoms with van der Waals surface area (Å²) in [5, 5.41) is 8.64. The van der Waals surface area contributed by atoms with Gasteiger partial charge in [0.15, 0.2) is 0 Å². The van der Waals surface area contributed by atoms with Crippen LogP contribution in [-0.2, 0) is 14.3 Å². The minimum atomic E-state index is -1.05. The Hall–Kier alpha value is -3.33. The molecule has 2 amide bonds. The molecule has 1 aliphatic heterocycles. The van der Waals surface area contributed by atoms with Gasteiger partial charge in [0.25, 0.3) is 11.1 Å². The van der Waals surface area contributed by atoms with Crippen LogP contribution in [0, 0.1) is 0 Å². The third-order valence-electron chi connectivity index (χ3n) is 4.27. The molecule has 1 N–H and O–H groups in total. The van der Waals surface area contributed by atoms with E-state index in [0.717, 1.165) is 16.7 Å². The molecule has 0 bridgehead atoms. The highest BCUT2D eigenvalue weighted by Gasteiger charge is 2.41. The van der Waals surface area contributed by atoms with Crippen LogP contribution in [0.3, 0.4) is 0 Å². The molecule has 2 aromatic rings. The van der Waals surface area contributed by atoms with Crippen molar-refractivity contribution in [3.05, 3.63) is 58.8 Å². The van der Waals surface area contributed by atoms with E-state index in [1.165, 1.54) is 25.1 Å². The van der Waals surface area contributed by atoms with Crippen LogP contribution < -0.4 is 0 Å². The third-order valence-corrected chi connectivity index (χ3v) is 5.15. The topological polar surface area (TPSA) is 106 Å². The number of carboxylic acids is 1. The summed E-state index contributed by atoms with van der Waals surface area (Å²) < 4.78 is 6.60. The van der Waals surface area contributed by atoms with Gasteiger partial charge in [0, 0.05) is 17.6 Å². The lowest BCUT2D eigenvalue weighted by Crippen LogP contribution is -2.42. The number of rotatable bonds is 6. The van der Waals surface area contributed by atoms with Crippen LogP contribution in [0.2, 0.25) is 0 Å². The zero-order valence-corrected chi connectivity index (χ0v) is 16.5. The Morgan fingerprint density at radius 1 is 1.24 bits per heavy atom. The molecule has 0 spiro atoms. The molecular formula is C20H18N2O6S. The predicted molar refractivity (Wildman–Crippen MR) is 107 cm³/mol. The zero-order valence-electron chi connectivity index (χ0n) is 15.7. The number of hydrogen-bond donors (Lipinski definition) is 1. The van der Waals surface area contributed by atoms with Crippen LogP contribution in [0.25, 0.3) is 11.8 Å². The number of carbonyl (C=O) groups is 4. The highest BCUT2D eigenvalue weighted by Crippen LogP contribution is 2.34. The lowest BCUT2D eigenvalue weighted by Gasteiger charge is -2.19. The Kier molecular flexibility index (Phi) is 5.88. The van der Waals surface area contributed by atoms with Crippen molar-refractivity contribution < 1.29 is 29.0 Å². The number of hydrogen-bond acceptors (Lipinski definition) is 6. The summed E-state index contributed by atoms with van der Waals surface area (Å²) in [6.07, 6.45) is 3.26. The predicted octanol–water partition coefficient (Wildman–Crippen LogP) is 3.16. The van der Waals surface area contributed by atoms with Crippen molar-refractivity contribution in [2.75, 3.05) is 6.61 Å². The van der Waals surface area contributed by atoms with Crippen molar-refractivity contribution >= 4 is 40.9 Å². The number of aromatic carboxylic acids is 1. The van der Waals surface area contributed by atoms with E-state index in [4.69, 9.17) is 4.74 Å². The van der Waals surface area contributed by atoms with Gasteiger partial charge in [-0.3, -0.25) is 14.5 Å². The van der Waals surface area contributed by atoms with Crippen molar-refractivity contribution in [3.63, 3.8) is 0 Å². The smallest absolute Gasteiger partial charge is 0.335 e. The monoisotopic (exact) mass is 414 g/mol. The van der Waals surface area contributed by atoms with Crippen LogP contribution in [0.15, 0.2) is 47.5 Å². The summed E-state index contributed by atoms with van der Waals surface area (Å²) in [5.74, 6) is -2.27. The van der Waals surface area contributed by atoms with E-state index in [0.29, 0.717) is 11.4 Å². The highest BCUT2D eigenvalue weighted by molar-refractivity contribution is 8.18. The molecule has 1 fully saturated rings. The summed E-state index contributed by atoms with van der Waals surface area (Å²) >= 11 is 0.739. The molecule has 0 saturated carbocycles. The molecule has 29 heavy (non-hydrogen) atoms. The molecule has 0 radical (unpaired) electrons. The molecule has 1 aromatic heterocycles. The maximum absolute atomic E-state index is 12.7. The number of carbonyl (C=O) groups excluding carboxylic acids is 3. The minimum absolute atomic E-state index is 0.130. The highest BCUT2D eigenvalue weighted by atomic mass is 32.2. The minimum Gasteiger partial charge on any atom is -0.478 e. The second-order valence-corrected chi connectivity index (χ2v) is 7.13. The number of thioether (sulfide) groups is 1. The number of benzene rings is 1. The first-order valence-electron chi connectivity index (χ1n) is 8.78. The Morgan fingerprint density at radius 3 is 2.69 bits per heavy atom. The molecule has 1 aromatic carbocycles. The first-order chi connectivity index (χ1) is 13.8. The van der Waals surface area contributed by atoms with E-state index in [-0.39, 0.29) is 17.1 Å². The normalized spacial score (nSPS) is 16.3. The molecule has 150 valence electrons. The SMILES string of the molecule is CCOC(=O)[C@H](C)N1C(=O)S/C(=C/c2cccn2-c2cccc(C(=O)O)c2)C1=O. The Labute approximate surface area is 170 Å². The molecule has 2 heterocycles. The van der Waals surface area contributed by atoms with Crippen LogP contribution in [0.5, 0.6) is 0 Å². The quantitative estimate of drug-likeness (QED) is 0.572. The molecule has 9 heteroatoms. The average Bonchev–Trinajstić information content (AvgIpc) is 3.26. The van der Waals surface area contributed by atoms with Crippen LogP contribution in [0.1, 0.15) is 29.9 Å². The fraction of sp³-hybridized carbons (Fsp3) is 0.200. The van der Waals surface area contributed by atoms with Crippen molar-refractivity contribution in [3.8, 4) is 5.69 Å². The Balaban J connectivity index is 1.91. The van der Waals surface area contributed by atoms with Gasteiger partial charge in [-0.2, -0.15) is 0 Å². The van der Waals surface area contributed by atoms with Gasteiger partial charge in [-0.25, -0.2) is 9.59 Å². The van der Waals surface area contributed by atoms with E-state index in [9.17, 15) is 24.3 Å². The van der Waals surface area contributed by atoms with E-state index >= 15 is 0 Å². The second-order valence-electron chi connectivity index (χ2n) is 6.14. The number of carboxylic acid groups (broad SMARTS) is 1. The van der Waals surface area contributed by atoms with Gasteiger partial charge in [-0.15, -0.1) is 0 Å². The van der Waals surface area contributed by atoms with E-state index < -0.39 is 29.1 Å². The van der Waals surface area contributed by atoms with E-state index in [1.807, 2.05) is 0 Å². The molecule has 1 atom stereocenters. The first kappa shape index (κ1) is 20.4. The fourth-order valence-corrected chi connectivity index (χ4v) is 3.74. The van der Waals surface area contributed by atoms with Gasteiger partial charge >= 0.3 is 11.9 Å². The zero-order chi connectivity index (χ0) is 21.1. The van der Waals surface area contributed by atoms with Gasteiger partial charge in [-0.1, -0.05) is 6.07 Å². The summed E-state index contributed by atoms with van der Waals surface area (Å²) in [4.78, 5) is 49.2. The van der Waals surface area contributed by atoms with Crippen LogP contribution >= 0.6 is 11.8 Å². The van der Waals surface area contributed by atoms with E-state index in [1.54, 1.807) is 42.0 Å². The maximum Gasteiger partial charge on any atom is 0.335 e. The average molecular weight is 414 g/mol. The lowest BCUT2D eigenvalue weighted by atomic mass is 10.2. The molecule has 1 aliphatic rings. The van der Waals surface area contributed by atoms with Crippen molar-refractivity contribution in [2.24, 2.45) is 0 Å². The Bertz CT molecular complexity index is 1030. The van der Waals surface area contributed by atoms with Gasteiger partial charge in [0.1, 0.15) is 6.04 Å². The summed E-state index contributed by atoms with van der Waals surface area (Å²) in [6.45, 7) is 3.24. The maximum atomic E-state index is 12.7. The van der Waals surface area contributed by atoms with Gasteiger partial charge < -0.3 is 14.4 Å². The fourth-order valence-electron chi connectivity index (χ4n) is 2.85. The van der Waals surface area contributed by atoms with Gasteiger partial charge in [0.05, 0.1) is 17.1 Å². The summed E-state index contributed by atoms with van der Waals surface area (Å²) in [5.41, 5.74) is 1.31. The van der Waals surface area contributed by atoms with Crippen LogP contribution in [-0.4, -0.2) is 50.3 Å². The van der Waals surface area contributed by atoms with Crippen LogP contribution in [0.4, 0.5) is 4.79 Å². The molecule has 8 nitrogen and oxygen atoms in total. The first-order valence-corrected chi connectivity index (χ1v) is 9.60. The number of esters is 1. The molecular weight excluding hydrogens is 396 g/mol. The molecule has 0 aliphatic carbocycles. The summed E-state index contributed by atoms with van der Waals surface area (Å²) in [7, 11) is 0. The number of nitrogens with zero attached hydrogens (tertiary/aromatic N) is 2. The third kappa shape index (κ3) is 4.09. The second kappa shape index (κ2) is 8.36. The van der Waals surface area contributed by atoms with E-state index in [2.05, 4.69) is 0 Å². The molecule has 0 unspecified atom stereocenters. The largest absolute Gasteiger partial charge is 0.478 e. The standard InChI is InChI=1S/C20H18N2O6S/c1-3-28-19(26)12(2)22-17(23)16(29-20(22)27)11-15-8-5-9-21(15)14-7-4-6-13(10-14)18(24)25/h4-12H,3H2,1-2H3,(H,24,25)/b16-11+/t12-/m0/s1. The van der Waals surface area contributed by atoms with Gasteiger partial charge in [0.2, 0.25) is 0 Å². The van der Waals surface area contributed by atoms with Crippen molar-refractivity contribution in [1.29, 1.82) is 0 Å². The summed E-state index contributed by atoms with van der Waals surface area (Å²) in [6, 6.07) is 8.80. The Morgan fingerprint density at radius 2 is 2.00 bits per heavy atom. The van der Waals surface area contributed by atoms with Gasteiger partial charge in [-0.05, 0) is 62.0 Å². The number of ether oxygens (including phenoxy) is 1. The molecule has 3 rings (SSSR count). The number of imide groups is 1. The molecule has 1 saturated heterocycles. The number of aromatic nitrogens is 1. The van der Waals surface area contributed by atoms with Crippen molar-refractivity contribution in [1.82, 2.24) is 9.47 Å². The number of amides is 2. The lowest BCUT2D eigenvalue weighted by molar-refractivity contribution is -0.150. The van der Waals surface area contributed by atoms with Crippen molar-refractivity contribution in [2.45, 2.75) is 19.9 Å².